The van der Waals surface area contributed by atoms with Gasteiger partial charge in [0, 0.05) is 11.6 Å². The number of thiocarbonyl (C=S) groups is 1. The van der Waals surface area contributed by atoms with Crippen molar-refractivity contribution >= 4 is 57.8 Å². The Labute approximate surface area is 162 Å². The number of halogens is 1. The van der Waals surface area contributed by atoms with Crippen molar-refractivity contribution in [2.75, 3.05) is 33.7 Å². The van der Waals surface area contributed by atoms with Gasteiger partial charge >= 0.3 is 0 Å². The van der Waals surface area contributed by atoms with Gasteiger partial charge in [0.25, 0.3) is 5.91 Å². The summed E-state index contributed by atoms with van der Waals surface area (Å²) in [6.45, 7) is 1.41. The number of nitrogens with zero attached hydrogens (tertiary/aromatic N) is 2. The molecule has 1 aliphatic rings. The molecule has 2 rings (SSSR count). The molecule has 1 N–H and O–H groups in total. The van der Waals surface area contributed by atoms with E-state index in [0.717, 1.165) is 18.5 Å². The molecule has 1 aromatic carbocycles. The molecule has 1 saturated heterocycles. The number of hydrogen-bond donors (Lipinski definition) is 1. The molecule has 0 spiro atoms. The monoisotopic (exact) mass is 397 g/mol. The highest BCUT2D eigenvalue weighted by atomic mass is 35.5. The Kier molecular flexibility index (Phi) is 7.43. The number of amides is 2. The van der Waals surface area contributed by atoms with Crippen LogP contribution >= 0.6 is 35.6 Å². The van der Waals surface area contributed by atoms with Gasteiger partial charge in [-0.3, -0.25) is 14.5 Å². The lowest BCUT2D eigenvalue weighted by Crippen LogP contribution is -2.40. The normalized spacial score (nSPS) is 16.2. The van der Waals surface area contributed by atoms with Crippen molar-refractivity contribution in [2.24, 2.45) is 0 Å². The van der Waals surface area contributed by atoms with E-state index in [1.165, 1.54) is 16.7 Å². The van der Waals surface area contributed by atoms with Crippen LogP contribution in [0.15, 0.2) is 29.2 Å². The highest BCUT2D eigenvalue weighted by Crippen LogP contribution is 2.32. The molecule has 8 heteroatoms. The van der Waals surface area contributed by atoms with E-state index in [4.69, 9.17) is 23.8 Å². The maximum absolute atomic E-state index is 12.5. The number of thioether (sulfide) groups is 1. The molecule has 1 heterocycles. The van der Waals surface area contributed by atoms with Gasteiger partial charge in [-0.05, 0) is 50.8 Å². The summed E-state index contributed by atoms with van der Waals surface area (Å²) in [5.41, 5.74) is 0.820. The number of hydrogen-bond acceptors (Lipinski definition) is 5. The van der Waals surface area contributed by atoms with Gasteiger partial charge in [0.2, 0.25) is 5.91 Å². The van der Waals surface area contributed by atoms with Crippen LogP contribution in [-0.2, 0) is 9.59 Å². The fourth-order valence-electron chi connectivity index (χ4n) is 2.21. The number of carbonyl (C=O) groups is 2. The summed E-state index contributed by atoms with van der Waals surface area (Å²) >= 11 is 12.4. The van der Waals surface area contributed by atoms with Gasteiger partial charge in [-0.25, -0.2) is 0 Å². The number of benzene rings is 1. The zero-order valence-corrected chi connectivity index (χ0v) is 16.5. The smallest absolute Gasteiger partial charge is 0.266 e. The summed E-state index contributed by atoms with van der Waals surface area (Å²) in [6, 6.07) is 7.21. The van der Waals surface area contributed by atoms with Gasteiger partial charge in [-0.2, -0.15) is 0 Å². The van der Waals surface area contributed by atoms with Crippen molar-refractivity contribution in [1.82, 2.24) is 15.1 Å². The first-order valence-electron chi connectivity index (χ1n) is 7.79. The lowest BCUT2D eigenvalue weighted by Gasteiger charge is -2.14. The van der Waals surface area contributed by atoms with Crippen molar-refractivity contribution in [3.05, 3.63) is 39.8 Å². The topological polar surface area (TPSA) is 52.7 Å². The Balaban J connectivity index is 1.93. The third-order valence-corrected chi connectivity index (χ3v) is 5.04. The Morgan fingerprint density at radius 3 is 2.88 bits per heavy atom. The lowest BCUT2D eigenvalue weighted by atomic mass is 10.2. The molecule has 0 aromatic heterocycles. The van der Waals surface area contributed by atoms with E-state index < -0.39 is 0 Å². The summed E-state index contributed by atoms with van der Waals surface area (Å²) in [4.78, 5) is 28.4. The minimum atomic E-state index is -0.251. The third kappa shape index (κ3) is 6.11. The van der Waals surface area contributed by atoms with Gasteiger partial charge in [0.05, 0.1) is 4.91 Å². The molecule has 1 aromatic rings. The Hall–Kier alpha value is -1.41. The summed E-state index contributed by atoms with van der Waals surface area (Å²) < 4.78 is 0.390. The van der Waals surface area contributed by atoms with Crippen molar-refractivity contribution in [3.8, 4) is 0 Å². The molecule has 1 aliphatic heterocycles. The van der Waals surface area contributed by atoms with Crippen LogP contribution in [0.4, 0.5) is 0 Å². The number of rotatable bonds is 7. The van der Waals surface area contributed by atoms with Crippen LogP contribution in [0, 0.1) is 0 Å². The van der Waals surface area contributed by atoms with E-state index in [1.807, 2.05) is 26.2 Å². The molecule has 0 radical (unpaired) electrons. The fourth-order valence-corrected chi connectivity index (χ4v) is 3.66. The molecule has 134 valence electrons. The molecule has 25 heavy (non-hydrogen) atoms. The minimum absolute atomic E-state index is 0.0560. The van der Waals surface area contributed by atoms with E-state index in [2.05, 4.69) is 10.2 Å². The zero-order valence-electron chi connectivity index (χ0n) is 14.1. The van der Waals surface area contributed by atoms with Crippen LogP contribution in [0.2, 0.25) is 5.02 Å². The third-order valence-electron chi connectivity index (χ3n) is 3.43. The number of nitrogens with one attached hydrogen (secondary N) is 1. The Bertz CT molecular complexity index is 707. The maximum Gasteiger partial charge on any atom is 0.266 e. The van der Waals surface area contributed by atoms with Gasteiger partial charge in [-0.1, -0.05) is 47.7 Å². The zero-order chi connectivity index (χ0) is 18.4. The first-order valence-corrected chi connectivity index (χ1v) is 9.39. The molecular formula is C17H20ClN3O2S2. The highest BCUT2D eigenvalue weighted by molar-refractivity contribution is 8.26. The average molecular weight is 398 g/mol. The molecule has 0 saturated carbocycles. The van der Waals surface area contributed by atoms with E-state index in [-0.39, 0.29) is 18.4 Å². The first kappa shape index (κ1) is 19.9. The maximum atomic E-state index is 12.5. The van der Waals surface area contributed by atoms with Gasteiger partial charge in [-0.15, -0.1) is 0 Å². The molecule has 0 atom stereocenters. The van der Waals surface area contributed by atoms with Crippen molar-refractivity contribution in [1.29, 1.82) is 0 Å². The van der Waals surface area contributed by atoms with Crippen LogP contribution in [0.25, 0.3) is 6.08 Å². The molecule has 0 unspecified atom stereocenters. The largest absolute Gasteiger partial charge is 0.354 e. The second kappa shape index (κ2) is 9.33. The SMILES string of the molecule is CN(C)CCCNC(=O)CN1C(=O)/C(=C\c2cccc(Cl)c2)SC1=S. The molecule has 1 fully saturated rings. The highest BCUT2D eigenvalue weighted by Gasteiger charge is 2.33. The number of carbonyl (C=O) groups excluding carboxylic acids is 2. The van der Waals surface area contributed by atoms with E-state index in [1.54, 1.807) is 18.2 Å². The van der Waals surface area contributed by atoms with Crippen LogP contribution in [0.3, 0.4) is 0 Å². The van der Waals surface area contributed by atoms with Gasteiger partial charge in [0.1, 0.15) is 10.9 Å². The van der Waals surface area contributed by atoms with Crippen LogP contribution in [0.5, 0.6) is 0 Å². The molecule has 5 nitrogen and oxygen atoms in total. The minimum Gasteiger partial charge on any atom is -0.354 e. The predicted octanol–water partition coefficient (Wildman–Crippen LogP) is 2.61. The van der Waals surface area contributed by atoms with E-state index in [0.29, 0.717) is 20.8 Å². The summed E-state index contributed by atoms with van der Waals surface area (Å²) in [5.74, 6) is -0.461. The van der Waals surface area contributed by atoms with Crippen LogP contribution < -0.4 is 5.32 Å². The van der Waals surface area contributed by atoms with Crippen molar-refractivity contribution in [2.45, 2.75) is 6.42 Å². The Morgan fingerprint density at radius 1 is 1.44 bits per heavy atom. The fraction of sp³-hybridized carbons (Fsp3) is 0.353. The van der Waals surface area contributed by atoms with Crippen LogP contribution in [-0.4, -0.2) is 59.7 Å². The second-order valence-corrected chi connectivity index (χ2v) is 7.94. The molecular weight excluding hydrogens is 378 g/mol. The molecule has 0 bridgehead atoms. The summed E-state index contributed by atoms with van der Waals surface area (Å²) in [5, 5.41) is 3.41. The average Bonchev–Trinajstić information content (AvgIpc) is 2.79. The summed E-state index contributed by atoms with van der Waals surface area (Å²) in [7, 11) is 3.96. The summed E-state index contributed by atoms with van der Waals surface area (Å²) in [6.07, 6.45) is 2.59. The molecule has 2 amide bonds. The van der Waals surface area contributed by atoms with Crippen molar-refractivity contribution < 1.29 is 9.59 Å². The lowest BCUT2D eigenvalue weighted by molar-refractivity contribution is -0.128. The van der Waals surface area contributed by atoms with E-state index >= 15 is 0 Å². The predicted molar refractivity (Wildman–Crippen MR) is 108 cm³/mol. The second-order valence-electron chi connectivity index (χ2n) is 5.83. The standard InChI is InChI=1S/C17H20ClN3O2S2/c1-20(2)8-4-7-19-15(22)11-21-16(23)14(25-17(21)24)10-12-5-3-6-13(18)9-12/h3,5-6,9-10H,4,7-8,11H2,1-2H3,(H,19,22)/b14-10+. The quantitative estimate of drug-likeness (QED) is 0.435. The van der Waals surface area contributed by atoms with Gasteiger partial charge in [0.15, 0.2) is 0 Å². The Morgan fingerprint density at radius 2 is 2.20 bits per heavy atom. The van der Waals surface area contributed by atoms with Gasteiger partial charge < -0.3 is 10.2 Å². The first-order chi connectivity index (χ1) is 11.9. The van der Waals surface area contributed by atoms with Crippen molar-refractivity contribution in [3.63, 3.8) is 0 Å². The van der Waals surface area contributed by atoms with Crippen LogP contribution in [0.1, 0.15) is 12.0 Å². The molecule has 0 aliphatic carbocycles. The van der Waals surface area contributed by atoms with E-state index in [9.17, 15) is 9.59 Å².